The number of pyridine rings is 1. The van der Waals surface area contributed by atoms with Gasteiger partial charge < -0.3 is 10.6 Å². The Bertz CT molecular complexity index is 762. The number of rotatable bonds is 6. The second-order valence-electron chi connectivity index (χ2n) is 5.85. The average molecular weight is 367 g/mol. The SMILES string of the molecule is CCC(CNc1ncc(C(F)(F)F)cn1)NC(=O)c1nccc(C)c1C. The van der Waals surface area contributed by atoms with Gasteiger partial charge in [0.25, 0.3) is 5.91 Å². The van der Waals surface area contributed by atoms with Crippen LogP contribution in [0.25, 0.3) is 0 Å². The topological polar surface area (TPSA) is 79.8 Å². The molecule has 0 radical (unpaired) electrons. The van der Waals surface area contributed by atoms with E-state index in [0.29, 0.717) is 12.1 Å². The summed E-state index contributed by atoms with van der Waals surface area (Å²) in [7, 11) is 0. The molecule has 2 aromatic rings. The number of aromatic nitrogens is 3. The fourth-order valence-corrected chi connectivity index (χ4v) is 2.19. The molecule has 2 heterocycles. The van der Waals surface area contributed by atoms with E-state index in [1.54, 1.807) is 6.20 Å². The van der Waals surface area contributed by atoms with Crippen molar-refractivity contribution >= 4 is 11.9 Å². The molecule has 2 N–H and O–H groups in total. The number of amides is 1. The Labute approximate surface area is 149 Å². The molecular formula is C17H20F3N5O. The number of carbonyl (C=O) groups is 1. The van der Waals surface area contributed by atoms with Gasteiger partial charge in [-0.1, -0.05) is 6.92 Å². The Kier molecular flexibility index (Phi) is 6.12. The van der Waals surface area contributed by atoms with Crippen molar-refractivity contribution in [1.82, 2.24) is 20.3 Å². The lowest BCUT2D eigenvalue weighted by molar-refractivity contribution is -0.138. The molecule has 1 atom stereocenters. The number of carbonyl (C=O) groups excluding carboxylic acids is 1. The standard InChI is InChI=1S/C17H20F3N5O/c1-4-13(25-15(26)14-11(3)10(2)5-6-21-14)9-24-16-22-7-12(8-23-16)17(18,19)20/h5-8,13H,4,9H2,1-3H3,(H,25,26)(H,22,23,24). The quantitative estimate of drug-likeness (QED) is 0.820. The lowest BCUT2D eigenvalue weighted by atomic mass is 10.1. The van der Waals surface area contributed by atoms with Crippen molar-refractivity contribution in [3.05, 3.63) is 47.0 Å². The summed E-state index contributed by atoms with van der Waals surface area (Å²) in [5.41, 5.74) is 1.21. The molecule has 0 saturated carbocycles. The zero-order valence-corrected chi connectivity index (χ0v) is 14.7. The van der Waals surface area contributed by atoms with Crippen LogP contribution in [0.1, 0.15) is 40.5 Å². The molecule has 0 bridgehead atoms. The second-order valence-corrected chi connectivity index (χ2v) is 5.85. The lowest BCUT2D eigenvalue weighted by Crippen LogP contribution is -2.40. The van der Waals surface area contributed by atoms with Crippen LogP contribution < -0.4 is 10.6 Å². The third kappa shape index (κ3) is 4.90. The highest BCUT2D eigenvalue weighted by molar-refractivity contribution is 5.94. The van der Waals surface area contributed by atoms with Crippen LogP contribution in [-0.4, -0.2) is 33.4 Å². The van der Waals surface area contributed by atoms with Gasteiger partial charge >= 0.3 is 6.18 Å². The fourth-order valence-electron chi connectivity index (χ4n) is 2.19. The molecule has 9 heteroatoms. The van der Waals surface area contributed by atoms with Gasteiger partial charge in [0.15, 0.2) is 0 Å². The van der Waals surface area contributed by atoms with Crippen LogP contribution >= 0.6 is 0 Å². The number of aryl methyl sites for hydroxylation is 1. The van der Waals surface area contributed by atoms with E-state index in [1.807, 2.05) is 26.8 Å². The zero-order valence-electron chi connectivity index (χ0n) is 14.7. The maximum Gasteiger partial charge on any atom is 0.419 e. The van der Waals surface area contributed by atoms with Crippen LogP contribution in [0.3, 0.4) is 0 Å². The van der Waals surface area contributed by atoms with E-state index in [2.05, 4.69) is 25.6 Å². The number of hydrogen-bond acceptors (Lipinski definition) is 5. The molecule has 0 aliphatic carbocycles. The summed E-state index contributed by atoms with van der Waals surface area (Å²) < 4.78 is 37.5. The summed E-state index contributed by atoms with van der Waals surface area (Å²) in [5, 5.41) is 5.69. The summed E-state index contributed by atoms with van der Waals surface area (Å²) in [6.07, 6.45) is -0.850. The lowest BCUT2D eigenvalue weighted by Gasteiger charge is -2.18. The number of alkyl halides is 3. The van der Waals surface area contributed by atoms with Crippen LogP contribution in [0.4, 0.5) is 19.1 Å². The average Bonchev–Trinajstić information content (AvgIpc) is 2.60. The van der Waals surface area contributed by atoms with E-state index in [0.717, 1.165) is 23.5 Å². The molecule has 1 unspecified atom stereocenters. The Morgan fingerprint density at radius 3 is 2.42 bits per heavy atom. The van der Waals surface area contributed by atoms with Gasteiger partial charge in [-0.05, 0) is 37.5 Å². The maximum absolute atomic E-state index is 12.5. The number of hydrogen-bond donors (Lipinski definition) is 2. The van der Waals surface area contributed by atoms with Gasteiger partial charge in [0.2, 0.25) is 5.95 Å². The first-order valence-electron chi connectivity index (χ1n) is 8.08. The first-order valence-corrected chi connectivity index (χ1v) is 8.08. The smallest absolute Gasteiger partial charge is 0.352 e. The molecule has 1 amide bonds. The van der Waals surface area contributed by atoms with E-state index < -0.39 is 11.7 Å². The molecule has 0 aliphatic heterocycles. The van der Waals surface area contributed by atoms with E-state index in [4.69, 9.17) is 0 Å². The minimum Gasteiger partial charge on any atom is -0.352 e. The predicted octanol–water partition coefficient (Wildman–Crippen LogP) is 3.13. The van der Waals surface area contributed by atoms with Crippen LogP contribution in [-0.2, 0) is 6.18 Å². The molecule has 140 valence electrons. The van der Waals surface area contributed by atoms with E-state index in [9.17, 15) is 18.0 Å². The van der Waals surface area contributed by atoms with Crippen molar-refractivity contribution < 1.29 is 18.0 Å². The molecule has 2 rings (SSSR count). The largest absolute Gasteiger partial charge is 0.419 e. The third-order valence-electron chi connectivity index (χ3n) is 4.00. The molecule has 0 saturated heterocycles. The highest BCUT2D eigenvalue weighted by Gasteiger charge is 2.31. The molecular weight excluding hydrogens is 347 g/mol. The Balaban J connectivity index is 1.97. The molecule has 0 aromatic carbocycles. The van der Waals surface area contributed by atoms with Crippen molar-refractivity contribution in [2.45, 2.75) is 39.4 Å². The molecule has 0 spiro atoms. The van der Waals surface area contributed by atoms with Gasteiger partial charge in [0.05, 0.1) is 5.56 Å². The second kappa shape index (κ2) is 8.11. The summed E-state index contributed by atoms with van der Waals surface area (Å²) in [6.45, 7) is 5.89. The van der Waals surface area contributed by atoms with Crippen molar-refractivity contribution in [3.8, 4) is 0 Å². The van der Waals surface area contributed by atoms with Crippen molar-refractivity contribution in [2.24, 2.45) is 0 Å². The number of nitrogens with one attached hydrogen (secondary N) is 2. The van der Waals surface area contributed by atoms with E-state index in [1.165, 1.54) is 0 Å². The normalized spacial score (nSPS) is 12.5. The number of halogens is 3. The Morgan fingerprint density at radius 2 is 1.85 bits per heavy atom. The fraction of sp³-hybridized carbons (Fsp3) is 0.412. The highest BCUT2D eigenvalue weighted by atomic mass is 19.4. The Hall–Kier alpha value is -2.71. The third-order valence-corrected chi connectivity index (χ3v) is 4.00. The van der Waals surface area contributed by atoms with Gasteiger partial charge in [-0.3, -0.25) is 9.78 Å². The molecule has 0 fully saturated rings. The first kappa shape index (κ1) is 19.6. The summed E-state index contributed by atoms with van der Waals surface area (Å²) >= 11 is 0. The van der Waals surface area contributed by atoms with Crippen molar-refractivity contribution in [1.29, 1.82) is 0 Å². The van der Waals surface area contributed by atoms with Crippen molar-refractivity contribution in [2.75, 3.05) is 11.9 Å². The minimum atomic E-state index is -4.48. The Morgan fingerprint density at radius 1 is 1.19 bits per heavy atom. The molecule has 0 aliphatic rings. The summed E-state index contributed by atoms with van der Waals surface area (Å²) in [4.78, 5) is 23.8. The molecule has 2 aromatic heterocycles. The van der Waals surface area contributed by atoms with Gasteiger partial charge in [0.1, 0.15) is 5.69 Å². The van der Waals surface area contributed by atoms with Crippen LogP contribution in [0.15, 0.2) is 24.7 Å². The zero-order chi connectivity index (χ0) is 19.3. The highest BCUT2D eigenvalue weighted by Crippen LogP contribution is 2.27. The molecule has 6 nitrogen and oxygen atoms in total. The maximum atomic E-state index is 12.5. The van der Waals surface area contributed by atoms with Crippen molar-refractivity contribution in [3.63, 3.8) is 0 Å². The van der Waals surface area contributed by atoms with Crippen LogP contribution in [0.2, 0.25) is 0 Å². The van der Waals surface area contributed by atoms with Gasteiger partial charge in [0, 0.05) is 31.2 Å². The van der Waals surface area contributed by atoms with Crippen LogP contribution in [0.5, 0.6) is 0 Å². The van der Waals surface area contributed by atoms with Gasteiger partial charge in [-0.25, -0.2) is 9.97 Å². The van der Waals surface area contributed by atoms with Crippen LogP contribution in [0, 0.1) is 13.8 Å². The first-order chi connectivity index (χ1) is 12.2. The monoisotopic (exact) mass is 367 g/mol. The van der Waals surface area contributed by atoms with Gasteiger partial charge in [-0.15, -0.1) is 0 Å². The van der Waals surface area contributed by atoms with E-state index >= 15 is 0 Å². The minimum absolute atomic E-state index is 0.0653. The number of anilines is 1. The molecule has 26 heavy (non-hydrogen) atoms. The predicted molar refractivity (Wildman–Crippen MR) is 90.8 cm³/mol. The summed E-state index contributed by atoms with van der Waals surface area (Å²) in [6, 6.07) is 1.57. The number of nitrogens with zero attached hydrogens (tertiary/aromatic N) is 3. The van der Waals surface area contributed by atoms with Gasteiger partial charge in [-0.2, -0.15) is 13.2 Å². The summed E-state index contributed by atoms with van der Waals surface area (Å²) in [5.74, 6) is -0.233. The van der Waals surface area contributed by atoms with E-state index in [-0.39, 0.29) is 24.4 Å².